The SMILES string of the molecule is [N-]=[N+]=CC(=O)c1ccc(Br)cc1. The first-order valence-corrected chi connectivity index (χ1v) is 4.00. The molecule has 0 atom stereocenters. The Morgan fingerprint density at radius 2 is 2.00 bits per heavy atom. The highest BCUT2D eigenvalue weighted by atomic mass is 79.9. The molecule has 12 heavy (non-hydrogen) atoms. The first-order valence-electron chi connectivity index (χ1n) is 3.21. The van der Waals surface area contributed by atoms with Crippen LogP contribution in [0.15, 0.2) is 28.7 Å². The first kappa shape index (κ1) is 8.84. The van der Waals surface area contributed by atoms with Gasteiger partial charge in [-0.2, -0.15) is 4.79 Å². The van der Waals surface area contributed by atoms with Gasteiger partial charge in [-0.15, -0.1) is 0 Å². The molecule has 0 aliphatic carbocycles. The Bertz CT molecular complexity index is 339. The molecule has 0 fully saturated rings. The Labute approximate surface area is 77.8 Å². The minimum absolute atomic E-state index is 0.315. The Morgan fingerprint density at radius 1 is 1.42 bits per heavy atom. The highest BCUT2D eigenvalue weighted by Crippen LogP contribution is 2.10. The molecule has 0 saturated heterocycles. The average molecular weight is 225 g/mol. The zero-order chi connectivity index (χ0) is 8.97. The maximum Gasteiger partial charge on any atom is 0.328 e. The van der Waals surface area contributed by atoms with Crippen molar-refractivity contribution in [2.45, 2.75) is 0 Å². The van der Waals surface area contributed by atoms with Crippen LogP contribution in [0.4, 0.5) is 0 Å². The molecule has 1 aromatic carbocycles. The lowest BCUT2D eigenvalue weighted by molar-refractivity contribution is 0.00235. The van der Waals surface area contributed by atoms with Gasteiger partial charge >= 0.3 is 6.21 Å². The lowest BCUT2D eigenvalue weighted by Crippen LogP contribution is -1.99. The van der Waals surface area contributed by atoms with E-state index in [9.17, 15) is 4.79 Å². The molecule has 0 spiro atoms. The van der Waals surface area contributed by atoms with Crippen LogP contribution in [0.3, 0.4) is 0 Å². The summed E-state index contributed by atoms with van der Waals surface area (Å²) < 4.78 is 0.903. The predicted octanol–water partition coefficient (Wildman–Crippen LogP) is 1.93. The van der Waals surface area contributed by atoms with Crippen molar-refractivity contribution in [3.05, 3.63) is 39.8 Å². The van der Waals surface area contributed by atoms with Crippen LogP contribution < -0.4 is 0 Å². The summed E-state index contributed by atoms with van der Waals surface area (Å²) in [5.74, 6) is -0.315. The first-order chi connectivity index (χ1) is 5.74. The van der Waals surface area contributed by atoms with Crippen LogP contribution in [0, 0.1) is 0 Å². The number of halogens is 1. The summed E-state index contributed by atoms with van der Waals surface area (Å²) >= 11 is 3.24. The fourth-order valence-corrected chi connectivity index (χ4v) is 1.01. The molecule has 0 bridgehead atoms. The van der Waals surface area contributed by atoms with Gasteiger partial charge in [-0.25, -0.2) is 0 Å². The smallest absolute Gasteiger partial charge is 0.328 e. The molecule has 0 unspecified atom stereocenters. The van der Waals surface area contributed by atoms with E-state index in [1.165, 1.54) is 0 Å². The minimum Gasteiger partial charge on any atom is -0.361 e. The molecule has 0 N–H and O–H groups in total. The van der Waals surface area contributed by atoms with Gasteiger partial charge in [0.25, 0.3) is 5.78 Å². The second-order valence-corrected chi connectivity index (χ2v) is 3.03. The number of Topliss-reactive ketones (excluding diaryl/α,β-unsaturated/α-hetero) is 1. The maximum atomic E-state index is 11.0. The highest BCUT2D eigenvalue weighted by Gasteiger charge is 2.04. The summed E-state index contributed by atoms with van der Waals surface area (Å²) in [5.41, 5.74) is 8.59. The van der Waals surface area contributed by atoms with E-state index >= 15 is 0 Å². The van der Waals surface area contributed by atoms with Crippen LogP contribution in [-0.2, 0) is 0 Å². The number of carbonyl (C=O) groups excluding carboxylic acids is 1. The van der Waals surface area contributed by atoms with E-state index in [1.807, 2.05) is 0 Å². The fourth-order valence-electron chi connectivity index (χ4n) is 0.741. The van der Waals surface area contributed by atoms with Gasteiger partial charge in [0.15, 0.2) is 0 Å². The largest absolute Gasteiger partial charge is 0.361 e. The van der Waals surface area contributed by atoms with Crippen molar-refractivity contribution in [1.29, 1.82) is 0 Å². The molecular formula is C8H5BrN2O. The van der Waals surface area contributed by atoms with Crippen molar-refractivity contribution in [3.8, 4) is 0 Å². The Morgan fingerprint density at radius 3 is 2.50 bits per heavy atom. The number of hydrogen-bond acceptors (Lipinski definition) is 1. The molecule has 0 amide bonds. The van der Waals surface area contributed by atoms with Crippen molar-refractivity contribution in [2.75, 3.05) is 0 Å². The summed E-state index contributed by atoms with van der Waals surface area (Å²) in [6.45, 7) is 0. The number of rotatable bonds is 2. The summed E-state index contributed by atoms with van der Waals surface area (Å²) in [7, 11) is 0. The molecular weight excluding hydrogens is 220 g/mol. The minimum atomic E-state index is -0.315. The molecule has 0 aliphatic rings. The van der Waals surface area contributed by atoms with E-state index in [4.69, 9.17) is 5.53 Å². The van der Waals surface area contributed by atoms with E-state index < -0.39 is 0 Å². The molecule has 1 rings (SSSR count). The molecule has 0 aromatic heterocycles. The fraction of sp³-hybridized carbons (Fsp3) is 0. The second-order valence-electron chi connectivity index (χ2n) is 2.12. The molecule has 3 nitrogen and oxygen atoms in total. The monoisotopic (exact) mass is 224 g/mol. The third kappa shape index (κ3) is 2.12. The van der Waals surface area contributed by atoms with E-state index in [0.29, 0.717) is 5.56 Å². The summed E-state index contributed by atoms with van der Waals surface area (Å²) in [5, 5.41) is 0. The van der Waals surface area contributed by atoms with Crippen molar-refractivity contribution in [1.82, 2.24) is 0 Å². The third-order valence-electron chi connectivity index (χ3n) is 1.30. The van der Waals surface area contributed by atoms with E-state index in [1.54, 1.807) is 24.3 Å². The predicted molar refractivity (Wildman–Crippen MR) is 48.2 cm³/mol. The van der Waals surface area contributed by atoms with Crippen LogP contribution in [0.5, 0.6) is 0 Å². The highest BCUT2D eigenvalue weighted by molar-refractivity contribution is 9.10. The topological polar surface area (TPSA) is 53.5 Å². The van der Waals surface area contributed by atoms with Crippen LogP contribution in [0.25, 0.3) is 5.53 Å². The molecule has 0 radical (unpaired) electrons. The quantitative estimate of drug-likeness (QED) is 0.328. The van der Waals surface area contributed by atoms with Gasteiger partial charge in [-0.3, -0.25) is 4.79 Å². The van der Waals surface area contributed by atoms with Crippen LogP contribution in [0.2, 0.25) is 0 Å². The van der Waals surface area contributed by atoms with Crippen molar-refractivity contribution >= 4 is 27.9 Å². The van der Waals surface area contributed by atoms with Gasteiger partial charge in [0, 0.05) is 10.0 Å². The number of carbonyl (C=O) groups is 1. The lowest BCUT2D eigenvalue weighted by atomic mass is 10.1. The summed E-state index contributed by atoms with van der Waals surface area (Å²) in [6, 6.07) is 6.79. The van der Waals surface area contributed by atoms with E-state index in [2.05, 4.69) is 20.7 Å². The Kier molecular flexibility index (Phi) is 2.91. The zero-order valence-corrected chi connectivity index (χ0v) is 7.65. The number of hydrogen-bond donors (Lipinski definition) is 0. The zero-order valence-electron chi connectivity index (χ0n) is 6.07. The maximum absolute atomic E-state index is 11.0. The molecule has 0 aliphatic heterocycles. The molecule has 0 saturated carbocycles. The van der Waals surface area contributed by atoms with E-state index in [-0.39, 0.29) is 5.78 Å². The second kappa shape index (κ2) is 3.95. The average Bonchev–Trinajstić information content (AvgIpc) is 2.06. The van der Waals surface area contributed by atoms with Crippen LogP contribution in [0.1, 0.15) is 10.4 Å². The number of nitrogens with zero attached hydrogens (tertiary/aromatic N) is 2. The van der Waals surface area contributed by atoms with Crippen LogP contribution in [-0.4, -0.2) is 16.8 Å². The van der Waals surface area contributed by atoms with Crippen molar-refractivity contribution in [3.63, 3.8) is 0 Å². The van der Waals surface area contributed by atoms with Gasteiger partial charge in [-0.1, -0.05) is 15.9 Å². The molecule has 60 valence electrons. The van der Waals surface area contributed by atoms with Gasteiger partial charge in [0.1, 0.15) is 0 Å². The van der Waals surface area contributed by atoms with Crippen molar-refractivity contribution in [2.24, 2.45) is 0 Å². The summed E-state index contributed by atoms with van der Waals surface area (Å²) in [4.78, 5) is 13.7. The standard InChI is InChI=1S/C8H5BrN2O/c9-7-3-1-6(2-4-7)8(12)5-11-10/h1-5H. The van der Waals surface area contributed by atoms with Crippen molar-refractivity contribution < 1.29 is 9.58 Å². The Hall–Kier alpha value is -1.25. The van der Waals surface area contributed by atoms with Gasteiger partial charge in [0.05, 0.1) is 0 Å². The normalized spacial score (nSPS) is 8.75. The number of ketones is 1. The lowest BCUT2D eigenvalue weighted by Gasteiger charge is -1.91. The summed E-state index contributed by atoms with van der Waals surface area (Å²) in [6.07, 6.45) is 0.864. The van der Waals surface area contributed by atoms with Gasteiger partial charge < -0.3 is 5.53 Å². The van der Waals surface area contributed by atoms with Crippen LogP contribution >= 0.6 is 15.9 Å². The number of benzene rings is 1. The Balaban J connectivity index is 2.97. The van der Waals surface area contributed by atoms with E-state index in [0.717, 1.165) is 10.7 Å². The molecule has 4 heteroatoms. The molecule has 1 aromatic rings. The third-order valence-corrected chi connectivity index (χ3v) is 1.83. The molecule has 0 heterocycles. The van der Waals surface area contributed by atoms with Gasteiger partial charge in [0.2, 0.25) is 0 Å². The van der Waals surface area contributed by atoms with Gasteiger partial charge in [-0.05, 0) is 24.3 Å².